The van der Waals surface area contributed by atoms with Crippen LogP contribution in [0.3, 0.4) is 0 Å². The number of nitrogens with one attached hydrogen (secondary N) is 3. The number of rotatable bonds is 7. The predicted molar refractivity (Wildman–Crippen MR) is 106 cm³/mol. The van der Waals surface area contributed by atoms with Gasteiger partial charge in [0.25, 0.3) is 5.91 Å². The summed E-state index contributed by atoms with van der Waals surface area (Å²) in [6.45, 7) is 1.55. The van der Waals surface area contributed by atoms with Gasteiger partial charge in [0.15, 0.2) is 0 Å². The van der Waals surface area contributed by atoms with E-state index in [0.717, 1.165) is 4.70 Å². The molecule has 7 nitrogen and oxygen atoms in total. The van der Waals surface area contributed by atoms with Gasteiger partial charge in [-0.3, -0.25) is 4.79 Å². The van der Waals surface area contributed by atoms with Crippen LogP contribution in [0.5, 0.6) is 0 Å². The highest BCUT2D eigenvalue weighted by molar-refractivity contribution is 7.89. The summed E-state index contributed by atoms with van der Waals surface area (Å²) in [5.74, 6) is -0.436. The third-order valence-electron chi connectivity index (χ3n) is 3.56. The van der Waals surface area contributed by atoms with Crippen molar-refractivity contribution in [3.8, 4) is 0 Å². The first-order valence-electron chi connectivity index (χ1n) is 7.45. The maximum Gasteiger partial charge on any atom is 0.268 e. The molecular formula is C14H14Cl2N4O3S3. The number of sulfonamides is 1. The van der Waals surface area contributed by atoms with Gasteiger partial charge < -0.3 is 10.3 Å². The molecule has 0 aliphatic heterocycles. The number of H-pyrrole nitrogens is 1. The summed E-state index contributed by atoms with van der Waals surface area (Å²) in [5, 5.41) is 5.53. The van der Waals surface area contributed by atoms with Crippen molar-refractivity contribution >= 4 is 72.0 Å². The van der Waals surface area contributed by atoms with E-state index in [0.29, 0.717) is 25.6 Å². The molecule has 26 heavy (non-hydrogen) atoms. The molecule has 1 unspecified atom stereocenters. The number of carbonyl (C=O) groups is 1. The Labute approximate surface area is 167 Å². The Morgan fingerprint density at radius 3 is 2.81 bits per heavy atom. The molecule has 0 fully saturated rings. The van der Waals surface area contributed by atoms with E-state index in [9.17, 15) is 13.2 Å². The Bertz CT molecular complexity index is 1030. The van der Waals surface area contributed by atoms with Crippen molar-refractivity contribution in [3.63, 3.8) is 0 Å². The Kier molecular flexibility index (Phi) is 5.90. The van der Waals surface area contributed by atoms with Gasteiger partial charge in [-0.1, -0.05) is 23.2 Å². The lowest BCUT2D eigenvalue weighted by Gasteiger charge is -2.16. The number of thiazole rings is 1. The number of fused-ring (bicyclic) bond motifs is 1. The van der Waals surface area contributed by atoms with Crippen molar-refractivity contribution in [3.05, 3.63) is 37.7 Å². The second-order valence-electron chi connectivity index (χ2n) is 5.26. The molecule has 3 aromatic heterocycles. The van der Waals surface area contributed by atoms with Crippen molar-refractivity contribution in [1.82, 2.24) is 20.0 Å². The molecule has 1 amide bonds. The third kappa shape index (κ3) is 4.21. The van der Waals surface area contributed by atoms with E-state index in [1.54, 1.807) is 24.6 Å². The summed E-state index contributed by atoms with van der Waals surface area (Å²) in [6.07, 6.45) is 1.60. The summed E-state index contributed by atoms with van der Waals surface area (Å²) in [4.78, 5) is 19.7. The number of hydrogen-bond donors (Lipinski definition) is 3. The van der Waals surface area contributed by atoms with Crippen LogP contribution in [0.15, 0.2) is 17.6 Å². The van der Waals surface area contributed by atoms with Crippen LogP contribution in [0.4, 0.5) is 0 Å². The second kappa shape index (κ2) is 7.83. The highest BCUT2D eigenvalue weighted by Gasteiger charge is 2.22. The summed E-state index contributed by atoms with van der Waals surface area (Å²) < 4.78 is 27.1. The summed E-state index contributed by atoms with van der Waals surface area (Å²) in [7, 11) is -3.39. The Morgan fingerprint density at radius 1 is 1.42 bits per heavy atom. The fourth-order valence-corrected chi connectivity index (χ4v) is 4.99. The fraction of sp³-hybridized carbons (Fsp3) is 0.286. The number of halogens is 2. The minimum atomic E-state index is -3.39. The van der Waals surface area contributed by atoms with Crippen molar-refractivity contribution in [2.75, 3.05) is 12.3 Å². The van der Waals surface area contributed by atoms with E-state index in [4.69, 9.17) is 23.2 Å². The number of amides is 1. The Balaban J connectivity index is 1.79. The first kappa shape index (κ1) is 19.6. The normalized spacial score (nSPS) is 13.2. The molecular weight excluding hydrogens is 439 g/mol. The third-order valence-corrected chi connectivity index (χ3v) is 7.75. The predicted octanol–water partition coefficient (Wildman–Crippen LogP) is 3.40. The number of carbonyl (C=O) groups excluding carboxylic acids is 1. The van der Waals surface area contributed by atoms with Gasteiger partial charge in [-0.25, -0.2) is 18.1 Å². The molecule has 0 radical (unpaired) electrons. The molecule has 12 heteroatoms. The first-order chi connectivity index (χ1) is 12.3. The zero-order valence-corrected chi connectivity index (χ0v) is 17.3. The van der Waals surface area contributed by atoms with Gasteiger partial charge in [0.2, 0.25) is 10.0 Å². The molecule has 0 spiro atoms. The van der Waals surface area contributed by atoms with Gasteiger partial charge >= 0.3 is 0 Å². The molecule has 1 atom stereocenters. The molecule has 0 aliphatic rings. The highest BCUT2D eigenvalue weighted by atomic mass is 35.5. The van der Waals surface area contributed by atoms with E-state index in [2.05, 4.69) is 20.0 Å². The molecule has 0 aromatic carbocycles. The lowest BCUT2D eigenvalue weighted by atomic mass is 10.3. The van der Waals surface area contributed by atoms with Crippen LogP contribution in [0.1, 0.15) is 28.5 Å². The van der Waals surface area contributed by atoms with Gasteiger partial charge in [0.05, 0.1) is 27.0 Å². The zero-order chi connectivity index (χ0) is 18.9. The van der Waals surface area contributed by atoms with E-state index in [1.807, 2.05) is 0 Å². The molecule has 0 bridgehead atoms. The van der Waals surface area contributed by atoms with Crippen LogP contribution in [0, 0.1) is 0 Å². The number of aromatic amines is 1. The number of aromatic nitrogens is 2. The average molecular weight is 453 g/mol. The molecule has 0 saturated carbocycles. The molecule has 3 heterocycles. The van der Waals surface area contributed by atoms with Gasteiger partial charge in [-0.15, -0.1) is 22.7 Å². The fourth-order valence-electron chi connectivity index (χ4n) is 2.20. The first-order valence-corrected chi connectivity index (χ1v) is 11.5. The van der Waals surface area contributed by atoms with Crippen LogP contribution < -0.4 is 10.0 Å². The summed E-state index contributed by atoms with van der Waals surface area (Å²) in [5.41, 5.74) is 0.911. The quantitative estimate of drug-likeness (QED) is 0.510. The largest absolute Gasteiger partial charge is 0.349 e. The monoisotopic (exact) mass is 452 g/mol. The maximum atomic E-state index is 12.6. The topological polar surface area (TPSA) is 104 Å². The molecule has 0 aliphatic carbocycles. The average Bonchev–Trinajstić information content (AvgIpc) is 3.31. The van der Waals surface area contributed by atoms with E-state index >= 15 is 0 Å². The molecule has 3 aromatic rings. The summed E-state index contributed by atoms with van der Waals surface area (Å²) >= 11 is 14.7. The van der Waals surface area contributed by atoms with E-state index < -0.39 is 22.0 Å². The van der Waals surface area contributed by atoms with Gasteiger partial charge in [0.1, 0.15) is 15.0 Å². The van der Waals surface area contributed by atoms with Crippen molar-refractivity contribution < 1.29 is 13.2 Å². The van der Waals surface area contributed by atoms with Crippen molar-refractivity contribution in [2.24, 2.45) is 0 Å². The minimum Gasteiger partial charge on any atom is -0.349 e. The molecule has 3 N–H and O–H groups in total. The molecule has 140 valence electrons. The van der Waals surface area contributed by atoms with E-state index in [-0.39, 0.29) is 12.3 Å². The maximum absolute atomic E-state index is 12.6. The van der Waals surface area contributed by atoms with E-state index in [1.165, 1.54) is 22.7 Å². The van der Waals surface area contributed by atoms with Crippen LogP contribution in [-0.2, 0) is 10.0 Å². The minimum absolute atomic E-state index is 0.0110. The van der Waals surface area contributed by atoms with Crippen LogP contribution in [-0.4, -0.2) is 36.6 Å². The number of hydrogen-bond acceptors (Lipinski definition) is 6. The smallest absolute Gasteiger partial charge is 0.268 e. The van der Waals surface area contributed by atoms with Gasteiger partial charge in [-0.05, 0) is 13.0 Å². The Morgan fingerprint density at radius 2 is 2.19 bits per heavy atom. The van der Waals surface area contributed by atoms with Crippen LogP contribution in [0.25, 0.3) is 10.2 Å². The summed E-state index contributed by atoms with van der Waals surface area (Å²) in [6, 6.07) is 1.06. The number of thiophene rings is 1. The lowest BCUT2D eigenvalue weighted by molar-refractivity contribution is 0.0932. The van der Waals surface area contributed by atoms with Gasteiger partial charge in [0, 0.05) is 18.1 Å². The van der Waals surface area contributed by atoms with Crippen molar-refractivity contribution in [2.45, 2.75) is 13.0 Å². The second-order valence-corrected chi connectivity index (χ2v) is 10.3. The lowest BCUT2D eigenvalue weighted by Crippen LogP contribution is -2.38. The number of nitrogens with zero attached hydrogens (tertiary/aromatic N) is 1. The Hall–Kier alpha value is -1.17. The van der Waals surface area contributed by atoms with Crippen LogP contribution in [0.2, 0.25) is 9.36 Å². The molecule has 0 saturated heterocycles. The van der Waals surface area contributed by atoms with Crippen LogP contribution >= 0.6 is 45.9 Å². The highest BCUT2D eigenvalue weighted by Crippen LogP contribution is 2.38. The molecule has 3 rings (SSSR count). The zero-order valence-electron chi connectivity index (χ0n) is 13.4. The standard InChI is InChI=1S/C14H14Cl2N4O3S3/c1-2-26(22,23)18-6-8(14-17-3-4-24-14)20-13(21)7-5-9-11(19-7)10(15)12(16)25-9/h3-5,8,18-19H,2,6H2,1H3,(H,20,21). The SMILES string of the molecule is CCS(=O)(=O)NCC(NC(=O)c1cc2sc(Cl)c(Cl)c2[nH]1)c1nccs1. The van der Waals surface area contributed by atoms with Crippen molar-refractivity contribution in [1.29, 1.82) is 0 Å². The van der Waals surface area contributed by atoms with Gasteiger partial charge in [-0.2, -0.15) is 0 Å².